The molecule has 0 bridgehead atoms. The van der Waals surface area contributed by atoms with Crippen molar-refractivity contribution in [3.05, 3.63) is 39.3 Å². The highest BCUT2D eigenvalue weighted by molar-refractivity contribution is 9.10. The van der Waals surface area contributed by atoms with E-state index in [1.807, 2.05) is 29.2 Å². The summed E-state index contributed by atoms with van der Waals surface area (Å²) in [6, 6.07) is 7.58. The number of fused-ring (bicyclic) bond motifs is 1. The van der Waals surface area contributed by atoms with Gasteiger partial charge in [-0.3, -0.25) is 14.4 Å². The minimum Gasteiger partial charge on any atom is -0.337 e. The number of nitrogens with one attached hydrogen (secondary N) is 1. The molecule has 156 valence electrons. The predicted octanol–water partition coefficient (Wildman–Crippen LogP) is 3.19. The number of carbonyl (C=O) groups is 3. The maximum Gasteiger partial charge on any atom is 0.229 e. The van der Waals surface area contributed by atoms with Crippen molar-refractivity contribution in [3.63, 3.8) is 0 Å². The van der Waals surface area contributed by atoms with Gasteiger partial charge in [0.15, 0.2) is 5.13 Å². The van der Waals surface area contributed by atoms with Crippen LogP contribution in [0.2, 0.25) is 0 Å². The number of benzene rings is 1. The van der Waals surface area contributed by atoms with Gasteiger partial charge in [0.05, 0.1) is 18.2 Å². The second kappa shape index (κ2) is 7.77. The third kappa shape index (κ3) is 3.88. The molecule has 2 aliphatic heterocycles. The lowest BCUT2D eigenvalue weighted by molar-refractivity contribution is -0.136. The van der Waals surface area contributed by atoms with Gasteiger partial charge in [0.25, 0.3) is 0 Å². The van der Waals surface area contributed by atoms with Crippen LogP contribution >= 0.6 is 27.3 Å². The van der Waals surface area contributed by atoms with E-state index < -0.39 is 0 Å². The Kier molecular flexibility index (Phi) is 5.10. The third-order valence-electron chi connectivity index (χ3n) is 5.82. The van der Waals surface area contributed by atoms with Crippen LogP contribution in [-0.2, 0) is 27.3 Å². The number of nitrogens with zero attached hydrogens (tertiary/aromatic N) is 3. The van der Waals surface area contributed by atoms with Crippen molar-refractivity contribution < 1.29 is 14.4 Å². The summed E-state index contributed by atoms with van der Waals surface area (Å²) in [5.74, 6) is -0.154. The summed E-state index contributed by atoms with van der Waals surface area (Å²) in [7, 11) is 0. The molecule has 0 spiro atoms. The molecule has 3 aliphatic rings. The lowest BCUT2D eigenvalue weighted by Crippen LogP contribution is -2.40. The van der Waals surface area contributed by atoms with Crippen molar-refractivity contribution >= 4 is 55.8 Å². The Morgan fingerprint density at radius 1 is 1.23 bits per heavy atom. The highest BCUT2D eigenvalue weighted by Crippen LogP contribution is 2.34. The van der Waals surface area contributed by atoms with Gasteiger partial charge in [0.2, 0.25) is 17.7 Å². The summed E-state index contributed by atoms with van der Waals surface area (Å²) >= 11 is 4.89. The first-order valence-electron chi connectivity index (χ1n) is 10.1. The van der Waals surface area contributed by atoms with Crippen LogP contribution in [0.15, 0.2) is 28.7 Å². The average Bonchev–Trinajstić information content (AvgIpc) is 3.40. The normalized spacial score (nSPS) is 21.0. The summed E-state index contributed by atoms with van der Waals surface area (Å²) in [6.45, 7) is 1.49. The highest BCUT2D eigenvalue weighted by atomic mass is 79.9. The number of anilines is 2. The van der Waals surface area contributed by atoms with Crippen molar-refractivity contribution in [2.24, 2.45) is 11.8 Å². The molecule has 3 amide bonds. The summed E-state index contributed by atoms with van der Waals surface area (Å²) < 4.78 is 0.904. The third-order valence-corrected chi connectivity index (χ3v) is 7.31. The van der Waals surface area contributed by atoms with Crippen LogP contribution in [0.4, 0.5) is 10.8 Å². The zero-order valence-corrected chi connectivity index (χ0v) is 18.7. The number of hydrogen-bond donors (Lipinski definition) is 1. The molecule has 2 fully saturated rings. The molecule has 30 heavy (non-hydrogen) atoms. The summed E-state index contributed by atoms with van der Waals surface area (Å²) in [4.78, 5) is 46.8. The van der Waals surface area contributed by atoms with E-state index in [0.29, 0.717) is 31.2 Å². The fourth-order valence-corrected chi connectivity index (χ4v) is 5.43. The highest BCUT2D eigenvalue weighted by Gasteiger charge is 2.38. The molecule has 3 heterocycles. The van der Waals surface area contributed by atoms with Crippen LogP contribution < -0.4 is 10.2 Å². The van der Waals surface area contributed by atoms with E-state index in [4.69, 9.17) is 0 Å². The van der Waals surface area contributed by atoms with E-state index in [0.717, 1.165) is 33.6 Å². The second-order valence-electron chi connectivity index (χ2n) is 8.05. The Labute approximate surface area is 186 Å². The summed E-state index contributed by atoms with van der Waals surface area (Å²) in [5, 5.41) is 3.53. The van der Waals surface area contributed by atoms with E-state index >= 15 is 0 Å². The van der Waals surface area contributed by atoms with E-state index in [9.17, 15) is 14.4 Å². The standard InChI is InChI=1S/C21H21BrN4O3S/c22-14-2-1-3-15(9-14)26-10-13(8-18(26)27)20(29)25-7-6-16-17(11-25)30-21(23-16)24-19(28)12-4-5-12/h1-3,9,12-13H,4-8,10-11H2,(H,23,24,28). The van der Waals surface area contributed by atoms with E-state index in [1.165, 1.54) is 11.3 Å². The number of aromatic nitrogens is 1. The molecule has 0 radical (unpaired) electrons. The van der Waals surface area contributed by atoms with Crippen molar-refractivity contribution in [2.45, 2.75) is 32.2 Å². The van der Waals surface area contributed by atoms with Gasteiger partial charge >= 0.3 is 0 Å². The topological polar surface area (TPSA) is 82.6 Å². The molecule has 5 rings (SSSR count). The van der Waals surface area contributed by atoms with E-state index in [2.05, 4.69) is 26.2 Å². The smallest absolute Gasteiger partial charge is 0.229 e. The molecule has 9 heteroatoms. The van der Waals surface area contributed by atoms with Gasteiger partial charge in [0, 0.05) is 46.9 Å². The minimum absolute atomic E-state index is 0.0171. The predicted molar refractivity (Wildman–Crippen MR) is 117 cm³/mol. The fraction of sp³-hybridized carbons (Fsp3) is 0.429. The first kappa shape index (κ1) is 19.7. The molecule has 1 saturated carbocycles. The number of amides is 3. The Balaban J connectivity index is 1.25. The van der Waals surface area contributed by atoms with Gasteiger partial charge in [-0.1, -0.05) is 33.3 Å². The number of hydrogen-bond acceptors (Lipinski definition) is 5. The molecule has 1 atom stereocenters. The monoisotopic (exact) mass is 488 g/mol. The van der Waals surface area contributed by atoms with Crippen molar-refractivity contribution in [1.29, 1.82) is 0 Å². The Bertz CT molecular complexity index is 1040. The first-order valence-corrected chi connectivity index (χ1v) is 11.7. The average molecular weight is 489 g/mol. The number of rotatable bonds is 4. The summed E-state index contributed by atoms with van der Waals surface area (Å²) in [5.41, 5.74) is 1.78. The number of halogens is 1. The molecule has 1 aliphatic carbocycles. The van der Waals surface area contributed by atoms with Crippen molar-refractivity contribution in [1.82, 2.24) is 9.88 Å². The Morgan fingerprint density at radius 3 is 2.83 bits per heavy atom. The van der Waals surface area contributed by atoms with Crippen LogP contribution in [0.1, 0.15) is 29.8 Å². The van der Waals surface area contributed by atoms with Gasteiger partial charge in [-0.2, -0.15) is 0 Å². The number of thiazole rings is 1. The van der Waals surface area contributed by atoms with Crippen LogP contribution in [0.3, 0.4) is 0 Å². The molecule has 1 saturated heterocycles. The number of carbonyl (C=O) groups excluding carboxylic acids is 3. The Hall–Kier alpha value is -2.26. The molecule has 1 N–H and O–H groups in total. The van der Waals surface area contributed by atoms with Gasteiger partial charge < -0.3 is 15.1 Å². The second-order valence-corrected chi connectivity index (χ2v) is 10.0. The van der Waals surface area contributed by atoms with Crippen molar-refractivity contribution in [2.75, 3.05) is 23.3 Å². The molecule has 2 aromatic rings. The molecule has 1 aromatic heterocycles. The molecule has 1 unspecified atom stereocenters. The van der Waals surface area contributed by atoms with E-state index in [1.54, 1.807) is 4.90 Å². The lowest BCUT2D eigenvalue weighted by Gasteiger charge is -2.28. The van der Waals surface area contributed by atoms with Crippen LogP contribution in [0, 0.1) is 11.8 Å². The van der Waals surface area contributed by atoms with Crippen LogP contribution in [-0.4, -0.2) is 40.7 Å². The minimum atomic E-state index is -0.333. The zero-order chi connectivity index (χ0) is 20.8. The van der Waals surface area contributed by atoms with Gasteiger partial charge in [0.1, 0.15) is 0 Å². The molecule has 1 aromatic carbocycles. The molecule has 7 nitrogen and oxygen atoms in total. The molecular weight excluding hydrogens is 468 g/mol. The lowest BCUT2D eigenvalue weighted by atomic mass is 10.1. The first-order chi connectivity index (χ1) is 14.5. The Morgan fingerprint density at radius 2 is 2.07 bits per heavy atom. The van der Waals surface area contributed by atoms with Gasteiger partial charge in [-0.25, -0.2) is 4.98 Å². The van der Waals surface area contributed by atoms with Gasteiger partial charge in [-0.15, -0.1) is 0 Å². The van der Waals surface area contributed by atoms with Crippen molar-refractivity contribution in [3.8, 4) is 0 Å². The maximum absolute atomic E-state index is 13.1. The van der Waals surface area contributed by atoms with Gasteiger partial charge in [-0.05, 0) is 31.0 Å². The summed E-state index contributed by atoms with van der Waals surface area (Å²) in [6.07, 6.45) is 2.82. The molecular formula is C21H21BrN4O3S. The fourth-order valence-electron chi connectivity index (χ4n) is 4.01. The van der Waals surface area contributed by atoms with Crippen LogP contribution in [0.25, 0.3) is 0 Å². The van der Waals surface area contributed by atoms with Crippen LogP contribution in [0.5, 0.6) is 0 Å². The van der Waals surface area contributed by atoms with E-state index in [-0.39, 0.29) is 36.0 Å². The maximum atomic E-state index is 13.1. The SMILES string of the molecule is O=C(Nc1nc2c(s1)CN(C(=O)C1CC(=O)N(c3cccc(Br)c3)C1)CC2)C1CC1. The largest absolute Gasteiger partial charge is 0.337 e. The zero-order valence-electron chi connectivity index (χ0n) is 16.3. The quantitative estimate of drug-likeness (QED) is 0.716.